The minimum Gasteiger partial charge on any atom is -0.378 e. The highest BCUT2D eigenvalue weighted by Crippen LogP contribution is 2.15. The van der Waals surface area contributed by atoms with Gasteiger partial charge < -0.3 is 15.5 Å². The maximum absolute atomic E-state index is 11.8. The summed E-state index contributed by atoms with van der Waals surface area (Å²) in [7, 11) is 3.99. The Bertz CT molecular complexity index is 624. The molecule has 2 aromatic carbocycles. The van der Waals surface area contributed by atoms with Crippen molar-refractivity contribution in [2.45, 2.75) is 6.42 Å². The molecular formula is C18H22ClN3O. The molecule has 0 unspecified atom stereocenters. The van der Waals surface area contributed by atoms with Gasteiger partial charge >= 0.3 is 0 Å². The number of benzene rings is 2. The third-order valence-corrected chi connectivity index (χ3v) is 3.74. The Balaban J connectivity index is 1.69. The van der Waals surface area contributed by atoms with E-state index in [0.717, 1.165) is 28.4 Å². The van der Waals surface area contributed by atoms with Gasteiger partial charge in [0, 0.05) is 37.0 Å². The Hall–Kier alpha value is -2.20. The lowest BCUT2D eigenvalue weighted by molar-refractivity contribution is -0.119. The summed E-state index contributed by atoms with van der Waals surface area (Å²) in [5.74, 6) is -0.0179. The molecule has 0 radical (unpaired) electrons. The Kier molecular flexibility index (Phi) is 6.29. The third-order valence-electron chi connectivity index (χ3n) is 3.49. The monoisotopic (exact) mass is 331 g/mol. The highest BCUT2D eigenvalue weighted by molar-refractivity contribution is 6.30. The minimum atomic E-state index is -0.0179. The van der Waals surface area contributed by atoms with Crippen molar-refractivity contribution in [3.63, 3.8) is 0 Å². The molecule has 0 bridgehead atoms. The molecular weight excluding hydrogens is 310 g/mol. The standard InChI is InChI=1S/C18H22ClN3O/c1-22(2)17-9-7-16(8-10-17)21-13-18(23)20-12-11-14-3-5-15(19)6-4-14/h3-10,21H,11-13H2,1-2H3,(H,20,23). The fourth-order valence-corrected chi connectivity index (χ4v) is 2.25. The molecule has 23 heavy (non-hydrogen) atoms. The Labute approximate surface area is 142 Å². The molecule has 0 fully saturated rings. The van der Waals surface area contributed by atoms with Crippen molar-refractivity contribution >= 4 is 28.9 Å². The number of anilines is 2. The molecule has 0 spiro atoms. The number of nitrogens with zero attached hydrogens (tertiary/aromatic N) is 1. The van der Waals surface area contributed by atoms with Gasteiger partial charge in [-0.1, -0.05) is 23.7 Å². The number of rotatable bonds is 7. The quantitative estimate of drug-likeness (QED) is 0.819. The molecule has 122 valence electrons. The predicted octanol–water partition coefficient (Wildman–Crippen LogP) is 3.18. The fraction of sp³-hybridized carbons (Fsp3) is 0.278. The largest absolute Gasteiger partial charge is 0.378 e. The molecule has 4 nitrogen and oxygen atoms in total. The Morgan fingerprint density at radius 2 is 1.70 bits per heavy atom. The number of carbonyl (C=O) groups excluding carboxylic acids is 1. The van der Waals surface area contributed by atoms with Crippen molar-refractivity contribution in [1.29, 1.82) is 0 Å². The van der Waals surface area contributed by atoms with Gasteiger partial charge in [-0.3, -0.25) is 4.79 Å². The molecule has 0 aromatic heterocycles. The van der Waals surface area contributed by atoms with Gasteiger partial charge in [0.05, 0.1) is 6.54 Å². The number of amides is 1. The van der Waals surface area contributed by atoms with Gasteiger partial charge in [0.15, 0.2) is 0 Å². The van der Waals surface area contributed by atoms with Crippen molar-refractivity contribution in [2.24, 2.45) is 0 Å². The van der Waals surface area contributed by atoms with Crippen LogP contribution in [0.15, 0.2) is 48.5 Å². The van der Waals surface area contributed by atoms with Gasteiger partial charge in [-0.05, 0) is 48.4 Å². The summed E-state index contributed by atoms with van der Waals surface area (Å²) in [6.07, 6.45) is 0.792. The molecule has 2 rings (SSSR count). The SMILES string of the molecule is CN(C)c1ccc(NCC(=O)NCCc2ccc(Cl)cc2)cc1. The van der Waals surface area contributed by atoms with E-state index in [4.69, 9.17) is 11.6 Å². The third kappa shape index (κ3) is 5.83. The lowest BCUT2D eigenvalue weighted by Gasteiger charge is -2.13. The molecule has 5 heteroatoms. The maximum atomic E-state index is 11.8. The lowest BCUT2D eigenvalue weighted by atomic mass is 10.1. The summed E-state index contributed by atoms with van der Waals surface area (Å²) in [4.78, 5) is 13.9. The van der Waals surface area contributed by atoms with Crippen LogP contribution >= 0.6 is 11.6 Å². The Morgan fingerprint density at radius 3 is 2.30 bits per heavy atom. The molecule has 0 saturated heterocycles. The van der Waals surface area contributed by atoms with Crippen LogP contribution in [0.4, 0.5) is 11.4 Å². The number of hydrogen-bond donors (Lipinski definition) is 2. The summed E-state index contributed by atoms with van der Waals surface area (Å²) in [5.41, 5.74) is 3.22. The second-order valence-electron chi connectivity index (χ2n) is 5.52. The van der Waals surface area contributed by atoms with E-state index >= 15 is 0 Å². The van der Waals surface area contributed by atoms with Crippen LogP contribution in [0.1, 0.15) is 5.56 Å². The number of hydrogen-bond acceptors (Lipinski definition) is 3. The summed E-state index contributed by atoms with van der Waals surface area (Å²) >= 11 is 5.84. The molecule has 0 aliphatic heterocycles. The van der Waals surface area contributed by atoms with Crippen LogP contribution in [0.5, 0.6) is 0 Å². The first-order valence-corrected chi connectivity index (χ1v) is 7.95. The molecule has 0 aliphatic rings. The highest BCUT2D eigenvalue weighted by atomic mass is 35.5. The van der Waals surface area contributed by atoms with E-state index in [1.54, 1.807) is 0 Å². The van der Waals surface area contributed by atoms with E-state index in [1.807, 2.05) is 67.5 Å². The van der Waals surface area contributed by atoms with Crippen LogP contribution in [0.25, 0.3) is 0 Å². The summed E-state index contributed by atoms with van der Waals surface area (Å²) in [5, 5.41) is 6.75. The van der Waals surface area contributed by atoms with Crippen molar-refractivity contribution in [3.8, 4) is 0 Å². The summed E-state index contributed by atoms with van der Waals surface area (Å²) < 4.78 is 0. The summed E-state index contributed by atoms with van der Waals surface area (Å²) in [6, 6.07) is 15.6. The van der Waals surface area contributed by atoms with Gasteiger partial charge in [0.1, 0.15) is 0 Å². The van der Waals surface area contributed by atoms with Gasteiger partial charge in [-0.25, -0.2) is 0 Å². The fourth-order valence-electron chi connectivity index (χ4n) is 2.12. The van der Waals surface area contributed by atoms with E-state index in [2.05, 4.69) is 10.6 Å². The zero-order valence-electron chi connectivity index (χ0n) is 13.5. The van der Waals surface area contributed by atoms with E-state index in [-0.39, 0.29) is 12.5 Å². The maximum Gasteiger partial charge on any atom is 0.239 e. The van der Waals surface area contributed by atoms with Gasteiger partial charge in [-0.15, -0.1) is 0 Å². The van der Waals surface area contributed by atoms with Gasteiger partial charge in [0.25, 0.3) is 0 Å². The first-order valence-electron chi connectivity index (χ1n) is 7.57. The molecule has 0 atom stereocenters. The second-order valence-corrected chi connectivity index (χ2v) is 5.96. The Morgan fingerprint density at radius 1 is 1.04 bits per heavy atom. The number of halogens is 1. The van der Waals surface area contributed by atoms with Crippen molar-refractivity contribution in [1.82, 2.24) is 5.32 Å². The topological polar surface area (TPSA) is 44.4 Å². The van der Waals surface area contributed by atoms with Gasteiger partial charge in [0.2, 0.25) is 5.91 Å². The smallest absolute Gasteiger partial charge is 0.239 e. The van der Waals surface area contributed by atoms with Crippen LogP contribution in [0.3, 0.4) is 0 Å². The van der Waals surface area contributed by atoms with Crippen LogP contribution in [0.2, 0.25) is 5.02 Å². The van der Waals surface area contributed by atoms with E-state index in [0.29, 0.717) is 6.54 Å². The average molecular weight is 332 g/mol. The molecule has 1 amide bonds. The van der Waals surface area contributed by atoms with Gasteiger partial charge in [-0.2, -0.15) is 0 Å². The molecule has 2 N–H and O–H groups in total. The molecule has 0 heterocycles. The van der Waals surface area contributed by atoms with Crippen LogP contribution in [-0.4, -0.2) is 33.1 Å². The average Bonchev–Trinajstić information content (AvgIpc) is 2.55. The summed E-state index contributed by atoms with van der Waals surface area (Å²) in [6.45, 7) is 0.879. The van der Waals surface area contributed by atoms with Crippen molar-refractivity contribution < 1.29 is 4.79 Å². The zero-order chi connectivity index (χ0) is 16.7. The minimum absolute atomic E-state index is 0.0179. The molecule has 0 aliphatic carbocycles. The normalized spacial score (nSPS) is 10.2. The van der Waals surface area contributed by atoms with E-state index in [1.165, 1.54) is 0 Å². The van der Waals surface area contributed by atoms with Crippen molar-refractivity contribution in [3.05, 3.63) is 59.1 Å². The second kappa shape index (κ2) is 8.44. The predicted molar refractivity (Wildman–Crippen MR) is 97.4 cm³/mol. The van der Waals surface area contributed by atoms with Crippen LogP contribution in [-0.2, 0) is 11.2 Å². The van der Waals surface area contributed by atoms with Crippen LogP contribution in [0, 0.1) is 0 Å². The first-order chi connectivity index (χ1) is 11.0. The highest BCUT2D eigenvalue weighted by Gasteiger charge is 2.02. The zero-order valence-corrected chi connectivity index (χ0v) is 14.2. The number of carbonyl (C=O) groups is 1. The first kappa shape index (κ1) is 17.2. The number of nitrogens with one attached hydrogen (secondary N) is 2. The van der Waals surface area contributed by atoms with E-state index in [9.17, 15) is 4.79 Å². The molecule has 2 aromatic rings. The van der Waals surface area contributed by atoms with E-state index < -0.39 is 0 Å². The molecule has 0 saturated carbocycles. The van der Waals surface area contributed by atoms with Crippen LogP contribution < -0.4 is 15.5 Å². The lowest BCUT2D eigenvalue weighted by Crippen LogP contribution is -2.31. The van der Waals surface area contributed by atoms with Crippen molar-refractivity contribution in [2.75, 3.05) is 37.4 Å².